The highest BCUT2D eigenvalue weighted by atomic mass is 16.5. The van der Waals surface area contributed by atoms with Gasteiger partial charge in [-0.3, -0.25) is 4.79 Å². The van der Waals surface area contributed by atoms with E-state index in [0.29, 0.717) is 12.0 Å². The summed E-state index contributed by atoms with van der Waals surface area (Å²) in [5.41, 5.74) is 3.52. The third-order valence-corrected chi connectivity index (χ3v) is 6.43. The van der Waals surface area contributed by atoms with E-state index in [2.05, 4.69) is 14.8 Å². The molecule has 5 rings (SSSR count). The molecule has 0 amide bonds. The number of rotatable bonds is 4. The van der Waals surface area contributed by atoms with Crippen molar-refractivity contribution in [2.75, 3.05) is 43.1 Å². The predicted molar refractivity (Wildman–Crippen MR) is 124 cm³/mol. The summed E-state index contributed by atoms with van der Waals surface area (Å²) in [5.74, 6) is 2.81. The van der Waals surface area contributed by atoms with Gasteiger partial charge in [0.05, 0.1) is 24.1 Å². The molecule has 2 aromatic heterocycles. The van der Waals surface area contributed by atoms with Crippen LogP contribution in [0.2, 0.25) is 0 Å². The standard InChI is InChI=1S/C25H27N5O2/c1-17-24-21(15-19(16-22(24)31)18-6-8-20(32-2)9-7-18)28-25(27-17)30-13-11-29(12-14-30)23-5-3-4-10-26-23/h3-10,19H,11-16H2,1-2H3. The average molecular weight is 430 g/mol. The number of methoxy groups -OCH3 is 1. The zero-order valence-corrected chi connectivity index (χ0v) is 18.5. The van der Waals surface area contributed by atoms with Gasteiger partial charge in [-0.05, 0) is 49.1 Å². The highest BCUT2D eigenvalue weighted by molar-refractivity contribution is 5.99. The number of ketones is 1. The van der Waals surface area contributed by atoms with E-state index in [-0.39, 0.29) is 11.7 Å². The molecule has 1 aliphatic carbocycles. The first kappa shape index (κ1) is 20.4. The highest BCUT2D eigenvalue weighted by Gasteiger charge is 2.31. The van der Waals surface area contributed by atoms with Gasteiger partial charge < -0.3 is 14.5 Å². The molecule has 7 nitrogen and oxygen atoms in total. The van der Waals surface area contributed by atoms with E-state index >= 15 is 0 Å². The average Bonchev–Trinajstić information content (AvgIpc) is 2.84. The lowest BCUT2D eigenvalue weighted by Gasteiger charge is -2.36. The number of benzene rings is 1. The minimum absolute atomic E-state index is 0.129. The van der Waals surface area contributed by atoms with Crippen molar-refractivity contribution < 1.29 is 9.53 Å². The van der Waals surface area contributed by atoms with Gasteiger partial charge in [-0.2, -0.15) is 0 Å². The van der Waals surface area contributed by atoms with Gasteiger partial charge in [0.2, 0.25) is 5.95 Å². The molecular formula is C25H27N5O2. The summed E-state index contributed by atoms with van der Waals surface area (Å²) in [4.78, 5) is 31.5. The number of carbonyl (C=O) groups is 1. The number of nitrogens with zero attached hydrogens (tertiary/aromatic N) is 5. The van der Waals surface area contributed by atoms with Gasteiger partial charge in [-0.15, -0.1) is 0 Å². The molecule has 7 heteroatoms. The van der Waals surface area contributed by atoms with Crippen molar-refractivity contribution in [3.05, 3.63) is 71.2 Å². The Morgan fingerprint density at radius 1 is 0.938 bits per heavy atom. The third-order valence-electron chi connectivity index (χ3n) is 6.43. The second-order valence-corrected chi connectivity index (χ2v) is 8.39. The molecule has 0 spiro atoms. The number of anilines is 2. The summed E-state index contributed by atoms with van der Waals surface area (Å²) in [6.07, 6.45) is 3.07. The van der Waals surface area contributed by atoms with Crippen molar-refractivity contribution in [3.63, 3.8) is 0 Å². The van der Waals surface area contributed by atoms with Crippen LogP contribution in [0.3, 0.4) is 0 Å². The summed E-state index contributed by atoms with van der Waals surface area (Å²) in [6.45, 7) is 5.31. The fourth-order valence-corrected chi connectivity index (χ4v) is 4.69. The van der Waals surface area contributed by atoms with Crippen LogP contribution < -0.4 is 14.5 Å². The summed E-state index contributed by atoms with van der Waals surface area (Å²) >= 11 is 0. The van der Waals surface area contributed by atoms with Crippen molar-refractivity contribution in [1.82, 2.24) is 15.0 Å². The van der Waals surface area contributed by atoms with Gasteiger partial charge >= 0.3 is 0 Å². The van der Waals surface area contributed by atoms with Crippen molar-refractivity contribution in [3.8, 4) is 5.75 Å². The van der Waals surface area contributed by atoms with E-state index in [0.717, 1.165) is 67.1 Å². The number of fused-ring (bicyclic) bond motifs is 1. The Kier molecular flexibility index (Phi) is 5.47. The summed E-state index contributed by atoms with van der Waals surface area (Å²) < 4.78 is 5.27. The normalized spacial score (nSPS) is 18.4. The molecule has 0 radical (unpaired) electrons. The molecule has 1 saturated heterocycles. The zero-order valence-electron chi connectivity index (χ0n) is 18.5. The Morgan fingerprint density at radius 3 is 2.38 bits per heavy atom. The molecule has 1 atom stereocenters. The van der Waals surface area contributed by atoms with Crippen LogP contribution in [-0.4, -0.2) is 54.0 Å². The van der Waals surface area contributed by atoms with E-state index in [1.807, 2.05) is 55.6 Å². The maximum absolute atomic E-state index is 13.0. The number of aryl methyl sites for hydroxylation is 1. The molecule has 3 aromatic rings. The molecule has 1 aliphatic heterocycles. The van der Waals surface area contributed by atoms with Gasteiger partial charge in [-0.25, -0.2) is 15.0 Å². The molecule has 32 heavy (non-hydrogen) atoms. The van der Waals surface area contributed by atoms with E-state index in [4.69, 9.17) is 14.7 Å². The predicted octanol–water partition coefficient (Wildman–Crippen LogP) is 3.43. The van der Waals surface area contributed by atoms with Crippen LogP contribution in [0.15, 0.2) is 48.7 Å². The Bertz CT molecular complexity index is 1110. The van der Waals surface area contributed by atoms with Gasteiger partial charge in [0.1, 0.15) is 11.6 Å². The third kappa shape index (κ3) is 3.90. The monoisotopic (exact) mass is 429 g/mol. The van der Waals surface area contributed by atoms with Crippen molar-refractivity contribution in [2.24, 2.45) is 0 Å². The van der Waals surface area contributed by atoms with Crippen LogP contribution in [0.1, 0.15) is 39.6 Å². The first-order chi connectivity index (χ1) is 15.6. The molecule has 0 N–H and O–H groups in total. The fourth-order valence-electron chi connectivity index (χ4n) is 4.69. The van der Waals surface area contributed by atoms with Crippen LogP contribution in [0.25, 0.3) is 0 Å². The highest BCUT2D eigenvalue weighted by Crippen LogP contribution is 2.34. The molecule has 164 valence electrons. The number of carbonyl (C=O) groups excluding carboxylic acids is 1. The lowest BCUT2D eigenvalue weighted by Crippen LogP contribution is -2.47. The van der Waals surface area contributed by atoms with Gasteiger partial charge in [0.25, 0.3) is 0 Å². The number of Topliss-reactive ketones (excluding diaryl/α,β-unsaturated/α-hetero) is 1. The van der Waals surface area contributed by atoms with E-state index in [1.54, 1.807) is 7.11 Å². The molecule has 3 heterocycles. The van der Waals surface area contributed by atoms with Crippen LogP contribution in [-0.2, 0) is 6.42 Å². The molecule has 0 bridgehead atoms. The van der Waals surface area contributed by atoms with Crippen LogP contribution in [0.4, 0.5) is 11.8 Å². The molecule has 1 fully saturated rings. The number of hydrogen-bond donors (Lipinski definition) is 0. The van der Waals surface area contributed by atoms with Gasteiger partial charge in [-0.1, -0.05) is 18.2 Å². The lowest BCUT2D eigenvalue weighted by atomic mass is 9.81. The molecule has 1 aromatic carbocycles. The number of piperazine rings is 1. The topological polar surface area (TPSA) is 71.5 Å². The number of pyridine rings is 1. The molecular weight excluding hydrogens is 402 g/mol. The van der Waals surface area contributed by atoms with Crippen molar-refractivity contribution in [1.29, 1.82) is 0 Å². The van der Waals surface area contributed by atoms with Crippen molar-refractivity contribution in [2.45, 2.75) is 25.7 Å². The maximum Gasteiger partial charge on any atom is 0.225 e. The maximum atomic E-state index is 13.0. The number of hydrogen-bond acceptors (Lipinski definition) is 7. The van der Waals surface area contributed by atoms with Crippen molar-refractivity contribution >= 4 is 17.5 Å². The smallest absolute Gasteiger partial charge is 0.225 e. The number of aromatic nitrogens is 3. The van der Waals surface area contributed by atoms with Crippen LogP contribution in [0.5, 0.6) is 5.75 Å². The largest absolute Gasteiger partial charge is 0.497 e. The summed E-state index contributed by atoms with van der Waals surface area (Å²) in [6, 6.07) is 14.0. The Labute approximate surface area is 188 Å². The second-order valence-electron chi connectivity index (χ2n) is 8.39. The Balaban J connectivity index is 1.35. The quantitative estimate of drug-likeness (QED) is 0.629. The Hall–Kier alpha value is -3.48. The van der Waals surface area contributed by atoms with Crippen LogP contribution >= 0.6 is 0 Å². The van der Waals surface area contributed by atoms with E-state index in [1.165, 1.54) is 0 Å². The fraction of sp³-hybridized carbons (Fsp3) is 0.360. The zero-order chi connectivity index (χ0) is 22.1. The number of ether oxygens (including phenoxy) is 1. The summed E-state index contributed by atoms with van der Waals surface area (Å²) in [7, 11) is 1.66. The van der Waals surface area contributed by atoms with E-state index < -0.39 is 0 Å². The second kappa shape index (κ2) is 8.57. The van der Waals surface area contributed by atoms with Gasteiger partial charge in [0, 0.05) is 38.8 Å². The molecule has 2 aliphatic rings. The molecule has 1 unspecified atom stereocenters. The van der Waals surface area contributed by atoms with Gasteiger partial charge in [0.15, 0.2) is 5.78 Å². The van der Waals surface area contributed by atoms with Crippen LogP contribution in [0, 0.1) is 6.92 Å². The summed E-state index contributed by atoms with van der Waals surface area (Å²) in [5, 5.41) is 0. The Morgan fingerprint density at radius 2 is 1.69 bits per heavy atom. The first-order valence-electron chi connectivity index (χ1n) is 11.1. The first-order valence-corrected chi connectivity index (χ1v) is 11.1. The minimum atomic E-state index is 0.129. The minimum Gasteiger partial charge on any atom is -0.497 e. The lowest BCUT2D eigenvalue weighted by molar-refractivity contribution is 0.0962. The van der Waals surface area contributed by atoms with E-state index in [9.17, 15) is 4.79 Å². The molecule has 0 saturated carbocycles. The SMILES string of the molecule is COc1ccc(C2CC(=O)c3c(C)nc(N4CCN(c5ccccn5)CC4)nc3C2)cc1.